The van der Waals surface area contributed by atoms with Crippen molar-refractivity contribution in [3.05, 3.63) is 17.3 Å². The van der Waals surface area contributed by atoms with Gasteiger partial charge in [-0.3, -0.25) is 0 Å². The summed E-state index contributed by atoms with van der Waals surface area (Å²) in [4.78, 5) is 11.1. The second-order valence-electron chi connectivity index (χ2n) is 6.86. The number of rotatable bonds is 13. The minimum absolute atomic E-state index is 0.753. The van der Waals surface area contributed by atoms with Gasteiger partial charge in [0.2, 0.25) is 5.88 Å². The summed E-state index contributed by atoms with van der Waals surface area (Å²) in [6, 6.07) is 2.06. The van der Waals surface area contributed by atoms with Crippen LogP contribution in [0.4, 0.5) is 5.69 Å². The van der Waals surface area contributed by atoms with E-state index >= 15 is 0 Å². The smallest absolute Gasteiger partial charge is 0.216 e. The molecule has 0 aliphatic rings. The maximum Gasteiger partial charge on any atom is 0.216 e. The van der Waals surface area contributed by atoms with Gasteiger partial charge in [0.1, 0.15) is 0 Å². The van der Waals surface area contributed by atoms with Crippen molar-refractivity contribution >= 4 is 12.0 Å². The Morgan fingerprint density at radius 3 is 2.32 bits per heavy atom. The summed E-state index contributed by atoms with van der Waals surface area (Å²) >= 11 is 0. The highest BCUT2D eigenvalue weighted by Crippen LogP contribution is 2.24. The molecule has 0 aliphatic heterocycles. The Balaban J connectivity index is 2.35. The van der Waals surface area contributed by atoms with E-state index < -0.39 is 0 Å². The largest absolute Gasteiger partial charge is 0.477 e. The van der Waals surface area contributed by atoms with Gasteiger partial charge in [-0.1, -0.05) is 51.9 Å². The van der Waals surface area contributed by atoms with Gasteiger partial charge in [0.05, 0.1) is 24.3 Å². The number of unbranched alkanes of at least 4 members (excludes halogenated alkanes) is 7. The summed E-state index contributed by atoms with van der Waals surface area (Å²) in [6.45, 7) is 10.1. The van der Waals surface area contributed by atoms with E-state index in [-0.39, 0.29) is 0 Å². The quantitative estimate of drug-likeness (QED) is 0.256. The Labute approximate surface area is 154 Å². The lowest BCUT2D eigenvalue weighted by atomic mass is 10.1. The first-order valence-electron chi connectivity index (χ1n) is 9.94. The standard InChI is InChI=1S/C21H37N3O/c1-6-8-9-10-11-12-13-14-15-25-21-18(3)16-20(19(4)23-21)22-17-24(5)7-2/h16-17H,6-15H2,1-5H3/b22-17+. The van der Waals surface area contributed by atoms with Crippen LogP contribution >= 0.6 is 0 Å². The molecule has 0 bridgehead atoms. The Morgan fingerprint density at radius 2 is 1.68 bits per heavy atom. The van der Waals surface area contributed by atoms with Crippen molar-refractivity contribution in [2.75, 3.05) is 20.2 Å². The van der Waals surface area contributed by atoms with E-state index in [0.29, 0.717) is 0 Å². The van der Waals surface area contributed by atoms with E-state index in [4.69, 9.17) is 4.74 Å². The number of ether oxygens (including phenoxy) is 1. The second kappa shape index (κ2) is 12.7. The lowest BCUT2D eigenvalue weighted by molar-refractivity contribution is 0.290. The molecule has 1 aromatic rings. The van der Waals surface area contributed by atoms with Crippen LogP contribution in [0.15, 0.2) is 11.1 Å². The highest BCUT2D eigenvalue weighted by Gasteiger charge is 2.07. The predicted octanol–water partition coefficient (Wildman–Crippen LogP) is 5.83. The lowest BCUT2D eigenvalue weighted by Gasteiger charge is -2.12. The Morgan fingerprint density at radius 1 is 1.04 bits per heavy atom. The summed E-state index contributed by atoms with van der Waals surface area (Å²) in [6.07, 6.45) is 12.3. The third kappa shape index (κ3) is 8.89. The van der Waals surface area contributed by atoms with Gasteiger partial charge in [-0.25, -0.2) is 9.98 Å². The predicted molar refractivity (Wildman–Crippen MR) is 108 cm³/mol. The van der Waals surface area contributed by atoms with Crippen molar-refractivity contribution in [1.29, 1.82) is 0 Å². The average molecular weight is 348 g/mol. The molecule has 0 aliphatic carbocycles. The summed E-state index contributed by atoms with van der Waals surface area (Å²) in [5.41, 5.74) is 2.88. The van der Waals surface area contributed by atoms with Crippen LogP contribution in [0, 0.1) is 13.8 Å². The van der Waals surface area contributed by atoms with Gasteiger partial charge in [0.15, 0.2) is 0 Å². The molecule has 0 fully saturated rings. The summed E-state index contributed by atoms with van der Waals surface area (Å²) in [7, 11) is 2.01. The molecule has 4 nitrogen and oxygen atoms in total. The van der Waals surface area contributed by atoms with Crippen molar-refractivity contribution in [2.24, 2.45) is 4.99 Å². The monoisotopic (exact) mass is 347 g/mol. The number of aryl methyl sites for hydroxylation is 2. The molecule has 4 heteroatoms. The lowest BCUT2D eigenvalue weighted by Crippen LogP contribution is -2.14. The molecule has 1 rings (SSSR count). The zero-order valence-corrected chi connectivity index (χ0v) is 17.0. The van der Waals surface area contributed by atoms with Crippen LogP contribution in [0.25, 0.3) is 0 Å². The van der Waals surface area contributed by atoms with Crippen LogP contribution in [0.2, 0.25) is 0 Å². The van der Waals surface area contributed by atoms with E-state index in [2.05, 4.69) is 29.9 Å². The molecule has 0 unspecified atom stereocenters. The van der Waals surface area contributed by atoms with Gasteiger partial charge in [0.25, 0.3) is 0 Å². The SMILES string of the molecule is CCCCCCCCCCOc1nc(C)c(/N=C/N(C)CC)cc1C. The van der Waals surface area contributed by atoms with Gasteiger partial charge < -0.3 is 9.64 Å². The zero-order valence-electron chi connectivity index (χ0n) is 17.0. The van der Waals surface area contributed by atoms with E-state index in [0.717, 1.165) is 42.4 Å². The second-order valence-corrected chi connectivity index (χ2v) is 6.86. The first-order valence-corrected chi connectivity index (χ1v) is 9.94. The maximum atomic E-state index is 5.89. The van der Waals surface area contributed by atoms with E-state index in [1.165, 1.54) is 44.9 Å². The molecule has 1 aromatic heterocycles. The Kier molecular flexibility index (Phi) is 10.9. The number of hydrogen-bond acceptors (Lipinski definition) is 3. The van der Waals surface area contributed by atoms with Gasteiger partial charge >= 0.3 is 0 Å². The summed E-state index contributed by atoms with van der Waals surface area (Å²) in [5.74, 6) is 0.753. The number of hydrogen-bond donors (Lipinski definition) is 0. The van der Waals surface area contributed by atoms with Crippen molar-refractivity contribution in [2.45, 2.75) is 79.1 Å². The fourth-order valence-corrected chi connectivity index (χ4v) is 2.59. The molecule has 0 aromatic carbocycles. The van der Waals surface area contributed by atoms with Crippen LogP contribution < -0.4 is 4.74 Å². The third-order valence-corrected chi connectivity index (χ3v) is 4.46. The van der Waals surface area contributed by atoms with Crippen LogP contribution in [-0.4, -0.2) is 36.4 Å². The molecule has 1 heterocycles. The number of aliphatic imine (C=N–C) groups is 1. The van der Waals surface area contributed by atoms with Crippen molar-refractivity contribution in [3.63, 3.8) is 0 Å². The van der Waals surface area contributed by atoms with Crippen LogP contribution in [0.3, 0.4) is 0 Å². The molecule has 0 N–H and O–H groups in total. The highest BCUT2D eigenvalue weighted by atomic mass is 16.5. The topological polar surface area (TPSA) is 37.7 Å². The number of pyridine rings is 1. The molecule has 0 saturated carbocycles. The van der Waals surface area contributed by atoms with Gasteiger partial charge in [-0.2, -0.15) is 0 Å². The minimum Gasteiger partial charge on any atom is -0.477 e. The van der Waals surface area contributed by atoms with Crippen LogP contribution in [0.5, 0.6) is 5.88 Å². The van der Waals surface area contributed by atoms with Crippen LogP contribution in [-0.2, 0) is 0 Å². The fourth-order valence-electron chi connectivity index (χ4n) is 2.59. The molecular formula is C21H37N3O. The minimum atomic E-state index is 0.753. The summed E-state index contributed by atoms with van der Waals surface area (Å²) in [5, 5.41) is 0. The van der Waals surface area contributed by atoms with Crippen molar-refractivity contribution < 1.29 is 4.74 Å². The van der Waals surface area contributed by atoms with Gasteiger partial charge in [-0.15, -0.1) is 0 Å². The van der Waals surface area contributed by atoms with Crippen molar-refractivity contribution in [3.8, 4) is 5.88 Å². The van der Waals surface area contributed by atoms with E-state index in [1.54, 1.807) is 0 Å². The zero-order chi connectivity index (χ0) is 18.5. The molecule has 0 saturated heterocycles. The maximum absolute atomic E-state index is 5.89. The van der Waals surface area contributed by atoms with Gasteiger partial charge in [-0.05, 0) is 33.3 Å². The van der Waals surface area contributed by atoms with Gasteiger partial charge in [0, 0.05) is 19.2 Å². The first-order chi connectivity index (χ1) is 12.1. The van der Waals surface area contributed by atoms with Crippen molar-refractivity contribution in [1.82, 2.24) is 9.88 Å². The van der Waals surface area contributed by atoms with E-state index in [9.17, 15) is 0 Å². The molecule has 25 heavy (non-hydrogen) atoms. The number of aromatic nitrogens is 1. The Hall–Kier alpha value is -1.58. The molecule has 0 amide bonds. The molecule has 0 atom stereocenters. The first kappa shape index (κ1) is 21.5. The fraction of sp³-hybridized carbons (Fsp3) is 0.714. The average Bonchev–Trinajstić information content (AvgIpc) is 2.61. The molecule has 0 radical (unpaired) electrons. The Bertz CT molecular complexity index is 514. The van der Waals surface area contributed by atoms with E-state index in [1.807, 2.05) is 32.1 Å². The highest BCUT2D eigenvalue weighted by molar-refractivity contribution is 5.62. The third-order valence-electron chi connectivity index (χ3n) is 4.46. The molecule has 0 spiro atoms. The van der Waals surface area contributed by atoms with Crippen LogP contribution in [0.1, 0.15) is 76.5 Å². The normalized spacial score (nSPS) is 11.2. The molecular weight excluding hydrogens is 310 g/mol. The summed E-state index contributed by atoms with van der Waals surface area (Å²) < 4.78 is 5.89. The molecule has 142 valence electrons. The number of nitrogens with zero attached hydrogens (tertiary/aromatic N) is 3.